The van der Waals surface area contributed by atoms with Crippen molar-refractivity contribution in [2.75, 3.05) is 37.7 Å². The summed E-state index contributed by atoms with van der Waals surface area (Å²) in [5.74, 6) is -0.283. The van der Waals surface area contributed by atoms with Crippen LogP contribution in [-0.2, 0) is 19.6 Å². The van der Waals surface area contributed by atoms with Crippen molar-refractivity contribution in [1.82, 2.24) is 24.8 Å². The second kappa shape index (κ2) is 11.0. The third kappa shape index (κ3) is 6.07. The van der Waals surface area contributed by atoms with Crippen LogP contribution in [0.25, 0.3) is 11.0 Å². The van der Waals surface area contributed by atoms with E-state index < -0.39 is 12.0 Å². The smallest absolute Gasteiger partial charge is 0.319 e. The SMILES string of the molecule is CN(CCCNC(=O)Nc1ccc(C(C)(C)C)cc1)C[C@H]1O[C@@H](n2ccc3c(N)ncnc32)[C@@H]2OC(C)(C)O[C@@H]21. The van der Waals surface area contributed by atoms with Crippen molar-refractivity contribution < 1.29 is 19.0 Å². The molecule has 2 aromatic heterocycles. The lowest BCUT2D eigenvalue weighted by Gasteiger charge is -2.27. The summed E-state index contributed by atoms with van der Waals surface area (Å²) < 4.78 is 21.0. The molecule has 4 atom stereocenters. The van der Waals surface area contributed by atoms with E-state index in [1.54, 1.807) is 0 Å². The first-order chi connectivity index (χ1) is 18.9. The zero-order valence-electron chi connectivity index (χ0n) is 24.2. The molecule has 2 fully saturated rings. The molecular formula is C29H41N7O4. The number of hydrogen-bond donors (Lipinski definition) is 3. The molecule has 0 bridgehead atoms. The number of fused-ring (bicyclic) bond motifs is 2. The summed E-state index contributed by atoms with van der Waals surface area (Å²) in [6, 6.07) is 9.65. The Morgan fingerprint density at radius 2 is 1.85 bits per heavy atom. The van der Waals surface area contributed by atoms with E-state index in [9.17, 15) is 4.79 Å². The molecule has 0 spiro atoms. The van der Waals surface area contributed by atoms with Crippen LogP contribution in [0.5, 0.6) is 0 Å². The summed E-state index contributed by atoms with van der Waals surface area (Å²) in [5, 5.41) is 6.62. The minimum absolute atomic E-state index is 0.0748. The lowest BCUT2D eigenvalue weighted by molar-refractivity contribution is -0.197. The van der Waals surface area contributed by atoms with Crippen molar-refractivity contribution in [3.63, 3.8) is 0 Å². The Morgan fingerprint density at radius 3 is 2.58 bits per heavy atom. The fourth-order valence-electron chi connectivity index (χ4n) is 5.40. The van der Waals surface area contributed by atoms with Gasteiger partial charge in [0.1, 0.15) is 36.1 Å². The lowest BCUT2D eigenvalue weighted by atomic mass is 9.87. The van der Waals surface area contributed by atoms with Gasteiger partial charge in [0.25, 0.3) is 0 Å². The summed E-state index contributed by atoms with van der Waals surface area (Å²) in [7, 11) is 2.04. The topological polar surface area (TPSA) is 129 Å². The highest BCUT2D eigenvalue weighted by molar-refractivity contribution is 5.89. The number of ether oxygens (including phenoxy) is 3. The molecule has 40 heavy (non-hydrogen) atoms. The van der Waals surface area contributed by atoms with Crippen molar-refractivity contribution in [3.8, 4) is 0 Å². The molecule has 3 aromatic rings. The van der Waals surface area contributed by atoms with Crippen molar-refractivity contribution in [2.24, 2.45) is 0 Å². The number of nitrogens with two attached hydrogens (primary N) is 1. The number of aromatic nitrogens is 3. The second-order valence-corrected chi connectivity index (χ2v) is 12.2. The van der Waals surface area contributed by atoms with Crippen LogP contribution in [0, 0.1) is 0 Å². The maximum absolute atomic E-state index is 12.4. The maximum atomic E-state index is 12.4. The van der Waals surface area contributed by atoms with Crippen LogP contribution in [-0.4, -0.2) is 76.2 Å². The summed E-state index contributed by atoms with van der Waals surface area (Å²) in [6.45, 7) is 12.3. The van der Waals surface area contributed by atoms with Crippen LogP contribution in [0.15, 0.2) is 42.9 Å². The van der Waals surface area contributed by atoms with Crippen LogP contribution in [0.1, 0.15) is 52.8 Å². The van der Waals surface area contributed by atoms with Gasteiger partial charge in [-0.05, 0) is 63.0 Å². The molecule has 2 amide bonds. The van der Waals surface area contributed by atoms with E-state index in [1.165, 1.54) is 11.9 Å². The molecule has 0 aliphatic carbocycles. The van der Waals surface area contributed by atoms with Gasteiger partial charge in [0.15, 0.2) is 12.0 Å². The molecule has 0 radical (unpaired) electrons. The number of amides is 2. The standard InChI is InChI=1S/C29H41N7O4/c1-28(2,3)18-8-10-19(11-9-18)34-27(37)31-13-7-14-35(6)16-21-22-23(40-29(4,5)39-22)26(38-21)36-15-12-20-24(30)32-17-33-25(20)36/h8-12,15,17,21-23,26H,7,13-14,16H2,1-6H3,(H2,30,32,33)(H2,31,34,37)/t21-,22-,23-,26-/m1/s1. The zero-order chi connectivity index (χ0) is 28.7. The van der Waals surface area contributed by atoms with E-state index >= 15 is 0 Å². The minimum atomic E-state index is -0.713. The van der Waals surface area contributed by atoms with Gasteiger partial charge in [0.05, 0.1) is 5.39 Å². The summed E-state index contributed by atoms with van der Waals surface area (Å²) >= 11 is 0. The van der Waals surface area contributed by atoms with Crippen molar-refractivity contribution in [2.45, 2.75) is 76.8 Å². The first kappa shape index (κ1) is 28.3. The predicted octanol–water partition coefficient (Wildman–Crippen LogP) is 3.87. The third-order valence-electron chi connectivity index (χ3n) is 7.44. The average Bonchev–Trinajstić information content (AvgIpc) is 3.54. The number of carbonyl (C=O) groups excluding carboxylic acids is 1. The molecule has 2 aliphatic rings. The third-order valence-corrected chi connectivity index (χ3v) is 7.44. The number of benzene rings is 1. The average molecular weight is 552 g/mol. The van der Waals surface area contributed by atoms with E-state index in [1.807, 2.05) is 62.0 Å². The minimum Gasteiger partial charge on any atom is -0.383 e. The molecule has 11 heteroatoms. The van der Waals surface area contributed by atoms with E-state index in [0.717, 1.165) is 24.0 Å². The molecule has 2 aliphatic heterocycles. The number of urea groups is 1. The summed E-state index contributed by atoms with van der Waals surface area (Å²) in [6.07, 6.45) is 3.03. The highest BCUT2D eigenvalue weighted by atomic mass is 16.8. The van der Waals surface area contributed by atoms with Crippen molar-refractivity contribution in [3.05, 3.63) is 48.4 Å². The molecule has 2 saturated heterocycles. The second-order valence-electron chi connectivity index (χ2n) is 12.2. The quantitative estimate of drug-likeness (QED) is 0.360. The number of anilines is 2. The maximum Gasteiger partial charge on any atom is 0.319 e. The Hall–Kier alpha value is -3.25. The summed E-state index contributed by atoms with van der Waals surface area (Å²) in [4.78, 5) is 23.1. The molecule has 5 rings (SSSR count). The monoisotopic (exact) mass is 551 g/mol. The van der Waals surface area contributed by atoms with Gasteiger partial charge < -0.3 is 40.0 Å². The van der Waals surface area contributed by atoms with Gasteiger partial charge in [-0.3, -0.25) is 0 Å². The number of likely N-dealkylation sites (N-methyl/N-ethyl adjacent to an activating group) is 1. The Balaban J connectivity index is 1.12. The van der Waals surface area contributed by atoms with Gasteiger partial charge in [0, 0.05) is 25.0 Å². The number of nitrogens with one attached hydrogen (secondary N) is 2. The van der Waals surface area contributed by atoms with Gasteiger partial charge in [0.2, 0.25) is 0 Å². The summed E-state index contributed by atoms with van der Waals surface area (Å²) in [5.41, 5.74) is 8.82. The van der Waals surface area contributed by atoms with Crippen LogP contribution in [0.4, 0.5) is 16.3 Å². The van der Waals surface area contributed by atoms with Crippen molar-refractivity contribution >= 4 is 28.6 Å². The Labute approximate surface area is 235 Å². The van der Waals surface area contributed by atoms with Crippen molar-refractivity contribution in [1.29, 1.82) is 0 Å². The highest BCUT2D eigenvalue weighted by Gasteiger charge is 2.56. The van der Waals surface area contributed by atoms with Gasteiger partial charge in [-0.1, -0.05) is 32.9 Å². The number of nitrogens with zero attached hydrogens (tertiary/aromatic N) is 4. The number of rotatable bonds is 8. The van der Waals surface area contributed by atoms with Crippen LogP contribution in [0.2, 0.25) is 0 Å². The Bertz CT molecular complexity index is 1330. The van der Waals surface area contributed by atoms with E-state index in [-0.39, 0.29) is 29.8 Å². The van der Waals surface area contributed by atoms with Gasteiger partial charge in [-0.15, -0.1) is 0 Å². The fourth-order valence-corrected chi connectivity index (χ4v) is 5.40. The molecule has 4 N–H and O–H groups in total. The van der Waals surface area contributed by atoms with Crippen LogP contribution >= 0.6 is 0 Å². The number of hydrogen-bond acceptors (Lipinski definition) is 8. The van der Waals surface area contributed by atoms with Crippen LogP contribution < -0.4 is 16.4 Å². The molecule has 4 heterocycles. The Kier molecular flexibility index (Phi) is 7.75. The number of nitrogen functional groups attached to an aromatic ring is 1. The Morgan fingerprint density at radius 1 is 1.12 bits per heavy atom. The van der Waals surface area contributed by atoms with Gasteiger partial charge >= 0.3 is 6.03 Å². The first-order valence-electron chi connectivity index (χ1n) is 13.8. The molecular weight excluding hydrogens is 510 g/mol. The van der Waals surface area contributed by atoms with E-state index in [4.69, 9.17) is 19.9 Å². The largest absolute Gasteiger partial charge is 0.383 e. The van der Waals surface area contributed by atoms with E-state index in [2.05, 4.69) is 46.3 Å². The fraction of sp³-hybridized carbons (Fsp3) is 0.552. The molecule has 0 unspecified atom stereocenters. The normalized spacial score (nSPS) is 24.0. The molecule has 0 saturated carbocycles. The first-order valence-corrected chi connectivity index (χ1v) is 13.8. The highest BCUT2D eigenvalue weighted by Crippen LogP contribution is 2.44. The van der Waals surface area contributed by atoms with Gasteiger partial charge in [-0.2, -0.15) is 0 Å². The molecule has 216 valence electrons. The zero-order valence-corrected chi connectivity index (χ0v) is 24.2. The lowest BCUT2D eigenvalue weighted by Crippen LogP contribution is -2.39. The number of carbonyl (C=O) groups is 1. The predicted molar refractivity (Wildman–Crippen MR) is 154 cm³/mol. The van der Waals surface area contributed by atoms with Gasteiger partial charge in [-0.25, -0.2) is 14.8 Å². The van der Waals surface area contributed by atoms with E-state index in [0.29, 0.717) is 24.6 Å². The molecule has 1 aromatic carbocycles. The van der Waals surface area contributed by atoms with Crippen LogP contribution in [0.3, 0.4) is 0 Å². The molecule has 11 nitrogen and oxygen atoms in total.